The molecule has 0 saturated heterocycles. The van der Waals surface area contributed by atoms with Crippen LogP contribution in [0.25, 0.3) is 0 Å². The summed E-state index contributed by atoms with van der Waals surface area (Å²) in [6, 6.07) is 10.1. The third-order valence-corrected chi connectivity index (χ3v) is 5.34. The minimum absolute atomic E-state index is 0. The first-order valence-corrected chi connectivity index (χ1v) is 11.9. The second kappa shape index (κ2) is 18.7. The van der Waals surface area contributed by atoms with E-state index in [2.05, 4.69) is 21.3 Å². The molecule has 0 heterocycles. The van der Waals surface area contributed by atoms with Crippen LogP contribution in [-0.2, 0) is 38.7 Å². The van der Waals surface area contributed by atoms with E-state index in [9.17, 15) is 39.0 Å². The fourth-order valence-corrected chi connectivity index (χ4v) is 3.09. The van der Waals surface area contributed by atoms with Crippen molar-refractivity contribution in [3.05, 3.63) is 59.7 Å². The van der Waals surface area contributed by atoms with Crippen molar-refractivity contribution < 1.29 is 68.7 Å². The average Bonchev–Trinajstić information content (AvgIpc) is 2.92. The minimum Gasteiger partial charge on any atom is -0.548 e. The van der Waals surface area contributed by atoms with Gasteiger partial charge in [0.15, 0.2) is 0 Å². The third-order valence-electron chi connectivity index (χ3n) is 5.34. The molecule has 216 valence electrons. The van der Waals surface area contributed by atoms with Gasteiger partial charge in [-0.15, -0.1) is 0 Å². The molecule has 0 aliphatic carbocycles. The largest absolute Gasteiger partial charge is 2.00 e. The van der Waals surface area contributed by atoms with Gasteiger partial charge in [-0.2, -0.15) is 0 Å². The van der Waals surface area contributed by atoms with Gasteiger partial charge in [-0.3, -0.25) is 19.2 Å². The van der Waals surface area contributed by atoms with Crippen molar-refractivity contribution in [1.82, 2.24) is 10.6 Å². The Hall–Kier alpha value is -4.52. The SMILES string of the molecule is CNc1ccc(C(=O)N[C@@H](CCC(=O)O)C(=O)[O-])cc1.CNc1ccc(C(=O)N[C@@H](CCC(=O)O)C(=O)[O-])cc1.[Zn+2]. The molecule has 0 aliphatic heterocycles. The summed E-state index contributed by atoms with van der Waals surface area (Å²) in [4.78, 5) is 66.2. The van der Waals surface area contributed by atoms with Crippen molar-refractivity contribution in [3.8, 4) is 0 Å². The number of carboxylic acids is 4. The molecule has 2 atom stereocenters. The molecule has 2 aromatic carbocycles. The van der Waals surface area contributed by atoms with Gasteiger partial charge in [0.05, 0.1) is 24.0 Å². The summed E-state index contributed by atoms with van der Waals surface area (Å²) in [5, 5.41) is 49.0. The molecule has 2 aromatic rings. The predicted molar refractivity (Wildman–Crippen MR) is 138 cm³/mol. The van der Waals surface area contributed by atoms with Crippen LogP contribution in [0.2, 0.25) is 0 Å². The molecule has 0 radical (unpaired) electrons. The zero-order valence-corrected chi connectivity index (χ0v) is 25.4. The fraction of sp³-hybridized carbons (Fsp3) is 0.308. The molecule has 0 unspecified atom stereocenters. The number of hydrogen-bond donors (Lipinski definition) is 6. The Labute approximate surface area is 248 Å². The molecule has 14 nitrogen and oxygen atoms in total. The van der Waals surface area contributed by atoms with Crippen molar-refractivity contribution in [3.63, 3.8) is 0 Å². The standard InChI is InChI=1S/2C13H16N2O5.Zn/c2*1-14-9-4-2-8(3-5-9)12(18)15-10(13(19)20)6-7-11(16)17;/h2*2-5,10,14H,6-7H2,1H3,(H,15,18)(H,16,17)(H,19,20);/q;;+2/p-2/t2*10-;/m00./s1. The van der Waals surface area contributed by atoms with Crippen LogP contribution in [0.15, 0.2) is 48.5 Å². The van der Waals surface area contributed by atoms with Gasteiger partial charge in [0, 0.05) is 49.4 Å². The topological polar surface area (TPSA) is 237 Å². The van der Waals surface area contributed by atoms with E-state index >= 15 is 0 Å². The van der Waals surface area contributed by atoms with Gasteiger partial charge in [0.1, 0.15) is 0 Å². The number of nitrogens with one attached hydrogen (secondary N) is 4. The van der Waals surface area contributed by atoms with Crippen LogP contribution in [0.3, 0.4) is 0 Å². The number of benzene rings is 2. The van der Waals surface area contributed by atoms with Gasteiger partial charge < -0.3 is 51.3 Å². The van der Waals surface area contributed by atoms with Crippen LogP contribution in [0, 0.1) is 0 Å². The fourth-order valence-electron chi connectivity index (χ4n) is 3.09. The Balaban J connectivity index is 0.000000762. The second-order valence-corrected chi connectivity index (χ2v) is 8.21. The van der Waals surface area contributed by atoms with Crippen LogP contribution >= 0.6 is 0 Å². The number of amides is 2. The Morgan fingerprint density at radius 3 is 1.15 bits per heavy atom. The minimum atomic E-state index is -1.51. The van der Waals surface area contributed by atoms with Crippen LogP contribution in [0.5, 0.6) is 0 Å². The quantitative estimate of drug-likeness (QED) is 0.137. The maximum Gasteiger partial charge on any atom is 2.00 e. The average molecular weight is 624 g/mol. The first-order valence-electron chi connectivity index (χ1n) is 11.9. The van der Waals surface area contributed by atoms with Crippen LogP contribution < -0.4 is 31.5 Å². The summed E-state index contributed by atoms with van der Waals surface area (Å²) < 4.78 is 0. The third kappa shape index (κ3) is 13.9. The van der Waals surface area contributed by atoms with Crippen molar-refractivity contribution >= 4 is 47.1 Å². The number of carbonyl (C=O) groups is 6. The number of rotatable bonds is 14. The van der Waals surface area contributed by atoms with Crippen molar-refractivity contribution in [2.45, 2.75) is 37.8 Å². The molecular formula is C26H30N4O10Zn. The van der Waals surface area contributed by atoms with E-state index in [0.29, 0.717) is 0 Å². The summed E-state index contributed by atoms with van der Waals surface area (Å²) in [5.41, 5.74) is 2.18. The van der Waals surface area contributed by atoms with Gasteiger partial charge in [-0.25, -0.2) is 0 Å². The molecule has 2 rings (SSSR count). The Kier molecular flexibility index (Phi) is 16.7. The molecule has 0 spiro atoms. The normalized spacial score (nSPS) is 11.2. The van der Waals surface area contributed by atoms with E-state index in [1.165, 1.54) is 24.3 Å². The van der Waals surface area contributed by atoms with Crippen molar-refractivity contribution in [1.29, 1.82) is 0 Å². The summed E-state index contributed by atoms with van der Waals surface area (Å²) in [6.45, 7) is 0. The summed E-state index contributed by atoms with van der Waals surface area (Å²) in [6.07, 6.45) is -1.18. The molecule has 2 amide bonds. The maximum absolute atomic E-state index is 11.8. The molecule has 0 aliphatic rings. The smallest absolute Gasteiger partial charge is 0.548 e. The van der Waals surface area contributed by atoms with Crippen LogP contribution in [0.1, 0.15) is 46.4 Å². The van der Waals surface area contributed by atoms with E-state index in [4.69, 9.17) is 10.2 Å². The van der Waals surface area contributed by atoms with Crippen LogP contribution in [0.4, 0.5) is 11.4 Å². The van der Waals surface area contributed by atoms with Gasteiger partial charge >= 0.3 is 31.4 Å². The second-order valence-electron chi connectivity index (χ2n) is 8.21. The van der Waals surface area contributed by atoms with Gasteiger partial charge in [0.2, 0.25) is 0 Å². The number of carboxylic acid groups (broad SMARTS) is 4. The molecule has 0 aromatic heterocycles. The Bertz CT molecular complexity index is 1100. The van der Waals surface area contributed by atoms with Crippen LogP contribution in [-0.4, -0.2) is 72.1 Å². The number of hydrogen-bond acceptors (Lipinski definition) is 10. The molecule has 0 saturated carbocycles. The predicted octanol–water partition coefficient (Wildman–Crippen LogP) is -1.12. The van der Waals surface area contributed by atoms with Gasteiger partial charge in [-0.1, -0.05) is 0 Å². The molecule has 6 N–H and O–H groups in total. The summed E-state index contributed by atoms with van der Waals surface area (Å²) >= 11 is 0. The van der Waals surface area contributed by atoms with E-state index in [-0.39, 0.29) is 56.3 Å². The van der Waals surface area contributed by atoms with E-state index in [0.717, 1.165) is 11.4 Å². The van der Waals surface area contributed by atoms with Crippen molar-refractivity contribution in [2.75, 3.05) is 24.7 Å². The Morgan fingerprint density at radius 1 is 0.634 bits per heavy atom. The first-order chi connectivity index (χ1) is 18.9. The van der Waals surface area contributed by atoms with Crippen molar-refractivity contribution in [2.24, 2.45) is 0 Å². The first kappa shape index (κ1) is 36.5. The number of carbonyl (C=O) groups excluding carboxylic acids is 4. The monoisotopic (exact) mass is 622 g/mol. The molecule has 0 bridgehead atoms. The number of anilines is 2. The summed E-state index contributed by atoms with van der Waals surface area (Å²) in [7, 11) is 3.46. The molecular weight excluding hydrogens is 594 g/mol. The zero-order valence-electron chi connectivity index (χ0n) is 22.5. The molecule has 41 heavy (non-hydrogen) atoms. The van der Waals surface area contributed by atoms with E-state index < -0.39 is 47.8 Å². The zero-order chi connectivity index (χ0) is 30.2. The maximum atomic E-state index is 11.8. The molecule has 15 heteroatoms. The summed E-state index contributed by atoms with van der Waals surface area (Å²) in [5.74, 6) is -6.47. The van der Waals surface area contributed by atoms with Gasteiger partial charge in [-0.05, 0) is 61.4 Å². The number of aliphatic carboxylic acids is 4. The van der Waals surface area contributed by atoms with Gasteiger partial charge in [0.25, 0.3) is 11.8 Å². The van der Waals surface area contributed by atoms with E-state index in [1.807, 2.05) is 0 Å². The van der Waals surface area contributed by atoms with E-state index in [1.54, 1.807) is 38.4 Å². The molecule has 0 fully saturated rings. The Morgan fingerprint density at radius 2 is 0.927 bits per heavy atom.